The first-order valence-electron chi connectivity index (χ1n) is 8.19. The van der Waals surface area contributed by atoms with Crippen molar-refractivity contribution < 1.29 is 27.9 Å². The van der Waals surface area contributed by atoms with Crippen LogP contribution < -0.4 is 0 Å². The second-order valence-corrected chi connectivity index (χ2v) is 8.23. The number of hydroxylamine groups is 1. The number of hydrogen-bond donors (Lipinski definition) is 0. The Bertz CT molecular complexity index is 644. The van der Waals surface area contributed by atoms with Gasteiger partial charge in [0.15, 0.2) is 6.21 Å². The third-order valence-corrected chi connectivity index (χ3v) is 6.23. The summed E-state index contributed by atoms with van der Waals surface area (Å²) in [6.45, 7) is 8.76. The summed E-state index contributed by atoms with van der Waals surface area (Å²) in [5.74, 6) is -0.425. The Balaban J connectivity index is 3.09. The van der Waals surface area contributed by atoms with Crippen molar-refractivity contribution in [2.24, 2.45) is 0 Å². The summed E-state index contributed by atoms with van der Waals surface area (Å²) >= 11 is 0. The van der Waals surface area contributed by atoms with Crippen LogP contribution in [0.3, 0.4) is 0 Å². The molecule has 1 aromatic carbocycles. The van der Waals surface area contributed by atoms with Gasteiger partial charge >= 0.3 is 13.6 Å². The van der Waals surface area contributed by atoms with E-state index in [-0.39, 0.29) is 13.2 Å². The quantitative estimate of drug-likeness (QED) is 0.164. The van der Waals surface area contributed by atoms with E-state index in [1.54, 1.807) is 45.0 Å². The highest BCUT2D eigenvalue weighted by atomic mass is 31.2. The first-order valence-corrected chi connectivity index (χ1v) is 9.73. The van der Waals surface area contributed by atoms with Crippen LogP contribution in [-0.2, 0) is 18.3 Å². The normalized spacial score (nSPS) is 12.9. The number of hydrogen-bond acceptors (Lipinski definition) is 6. The van der Waals surface area contributed by atoms with Gasteiger partial charge in [0.05, 0.1) is 25.4 Å². The zero-order valence-corrected chi connectivity index (χ0v) is 16.2. The second-order valence-electron chi connectivity index (χ2n) is 5.62. The van der Waals surface area contributed by atoms with E-state index in [0.29, 0.717) is 22.5 Å². The molecular formula is C17H26NO6P. The molecule has 0 aromatic heterocycles. The SMILES string of the molecule is CCOC(=O)c1ccc(/C=[N+](\[O-])C(C)(C)P(=O)(OCC)OCC)cc1. The van der Waals surface area contributed by atoms with Gasteiger partial charge in [0.25, 0.3) is 5.28 Å². The van der Waals surface area contributed by atoms with Gasteiger partial charge < -0.3 is 19.0 Å². The minimum absolute atomic E-state index is 0.169. The molecule has 8 heteroatoms. The molecule has 0 spiro atoms. The van der Waals surface area contributed by atoms with E-state index in [2.05, 4.69) is 0 Å². The Hall–Kier alpha value is -1.69. The van der Waals surface area contributed by atoms with Crippen molar-refractivity contribution in [2.45, 2.75) is 39.9 Å². The smallest absolute Gasteiger partial charge is 0.401 e. The maximum Gasteiger partial charge on any atom is 0.401 e. The van der Waals surface area contributed by atoms with Crippen LogP contribution in [0.5, 0.6) is 0 Å². The zero-order valence-electron chi connectivity index (χ0n) is 15.4. The number of nitrogens with zero attached hydrogens (tertiary/aromatic N) is 1. The zero-order chi connectivity index (χ0) is 19.1. The van der Waals surface area contributed by atoms with Crippen LogP contribution in [0.25, 0.3) is 0 Å². The highest BCUT2D eigenvalue weighted by Crippen LogP contribution is 2.59. The molecule has 0 amide bonds. The van der Waals surface area contributed by atoms with Crippen LogP contribution in [-0.4, -0.2) is 42.0 Å². The standard InChI is InChI=1S/C17H26NO6P/c1-6-22-16(19)15-11-9-14(10-12-15)13-18(20)17(4,5)25(21,23-7-2)24-8-3/h9-13H,6-8H2,1-5H3/b18-13-. The van der Waals surface area contributed by atoms with Gasteiger partial charge in [-0.1, -0.05) is 0 Å². The van der Waals surface area contributed by atoms with Gasteiger partial charge in [-0.25, -0.2) is 4.79 Å². The van der Waals surface area contributed by atoms with Crippen molar-refractivity contribution in [1.29, 1.82) is 0 Å². The minimum Gasteiger partial charge on any atom is -0.623 e. The predicted octanol–water partition coefficient (Wildman–Crippen LogP) is 3.79. The molecule has 0 fully saturated rings. The van der Waals surface area contributed by atoms with Crippen LogP contribution in [0.4, 0.5) is 0 Å². The van der Waals surface area contributed by atoms with Gasteiger partial charge in [-0.05, 0) is 45.0 Å². The Morgan fingerprint density at radius 1 is 1.12 bits per heavy atom. The van der Waals surface area contributed by atoms with Crippen molar-refractivity contribution in [2.75, 3.05) is 19.8 Å². The third kappa shape index (κ3) is 5.14. The monoisotopic (exact) mass is 371 g/mol. The fraction of sp³-hybridized carbons (Fsp3) is 0.529. The number of carbonyl (C=O) groups excluding carboxylic acids is 1. The molecule has 0 unspecified atom stereocenters. The summed E-state index contributed by atoms with van der Waals surface area (Å²) in [7, 11) is -3.64. The van der Waals surface area contributed by atoms with Crippen LogP contribution in [0.1, 0.15) is 50.5 Å². The van der Waals surface area contributed by atoms with Gasteiger partial charge in [0.1, 0.15) is 0 Å². The predicted molar refractivity (Wildman–Crippen MR) is 96.1 cm³/mol. The fourth-order valence-corrected chi connectivity index (χ4v) is 3.71. The van der Waals surface area contributed by atoms with E-state index < -0.39 is 18.8 Å². The lowest BCUT2D eigenvalue weighted by atomic mass is 10.1. The van der Waals surface area contributed by atoms with Crippen molar-refractivity contribution in [1.82, 2.24) is 0 Å². The van der Waals surface area contributed by atoms with Gasteiger partial charge in [0.2, 0.25) is 0 Å². The topological polar surface area (TPSA) is 87.9 Å². The first kappa shape index (κ1) is 21.4. The molecule has 1 aromatic rings. The first-order chi connectivity index (χ1) is 11.7. The molecule has 0 aliphatic carbocycles. The van der Waals surface area contributed by atoms with Crippen molar-refractivity contribution >= 4 is 19.8 Å². The molecule has 0 heterocycles. The summed E-state index contributed by atoms with van der Waals surface area (Å²) in [5, 5.41) is 11.2. The minimum atomic E-state index is -3.64. The lowest BCUT2D eigenvalue weighted by Crippen LogP contribution is -2.35. The average Bonchev–Trinajstić information content (AvgIpc) is 2.56. The fourth-order valence-electron chi connectivity index (χ4n) is 2.03. The number of benzene rings is 1. The van der Waals surface area contributed by atoms with Gasteiger partial charge in [-0.2, -0.15) is 4.74 Å². The molecular weight excluding hydrogens is 345 g/mol. The van der Waals surface area contributed by atoms with E-state index in [9.17, 15) is 14.6 Å². The Labute approximate surface area is 148 Å². The lowest BCUT2D eigenvalue weighted by Gasteiger charge is -2.30. The summed E-state index contributed by atoms with van der Waals surface area (Å²) in [6, 6.07) is 6.35. The van der Waals surface area contributed by atoms with E-state index >= 15 is 0 Å². The van der Waals surface area contributed by atoms with Crippen molar-refractivity contribution in [3.05, 3.63) is 40.6 Å². The number of rotatable bonds is 9. The Morgan fingerprint density at radius 3 is 2.08 bits per heavy atom. The number of carbonyl (C=O) groups is 1. The van der Waals surface area contributed by atoms with Gasteiger partial charge in [0, 0.05) is 19.4 Å². The van der Waals surface area contributed by atoms with Crippen molar-refractivity contribution in [3.8, 4) is 0 Å². The number of esters is 1. The molecule has 0 radical (unpaired) electrons. The van der Waals surface area contributed by atoms with E-state index in [1.165, 1.54) is 20.1 Å². The van der Waals surface area contributed by atoms with E-state index in [0.717, 1.165) is 0 Å². The van der Waals surface area contributed by atoms with Crippen LogP contribution in [0.15, 0.2) is 24.3 Å². The van der Waals surface area contributed by atoms with Crippen LogP contribution in [0, 0.1) is 5.21 Å². The maximum atomic E-state index is 12.9. The molecule has 140 valence electrons. The third-order valence-electron chi connectivity index (χ3n) is 3.50. The Kier molecular flexibility index (Phi) is 7.80. The Morgan fingerprint density at radius 2 is 1.64 bits per heavy atom. The molecule has 0 bridgehead atoms. The van der Waals surface area contributed by atoms with Crippen LogP contribution >= 0.6 is 7.60 Å². The highest BCUT2D eigenvalue weighted by Gasteiger charge is 2.51. The highest BCUT2D eigenvalue weighted by molar-refractivity contribution is 7.55. The average molecular weight is 371 g/mol. The molecule has 0 N–H and O–H groups in total. The second kappa shape index (κ2) is 9.13. The lowest BCUT2D eigenvalue weighted by molar-refractivity contribution is -0.510. The molecule has 0 saturated heterocycles. The summed E-state index contributed by atoms with van der Waals surface area (Å²) in [6.07, 6.45) is 1.29. The maximum absolute atomic E-state index is 12.9. The molecule has 0 aliphatic rings. The van der Waals surface area contributed by atoms with Gasteiger partial charge in [-0.15, -0.1) is 0 Å². The molecule has 7 nitrogen and oxygen atoms in total. The van der Waals surface area contributed by atoms with E-state index in [1.807, 2.05) is 0 Å². The molecule has 0 aliphatic heterocycles. The molecule has 25 heavy (non-hydrogen) atoms. The summed E-state index contributed by atoms with van der Waals surface area (Å²) < 4.78 is 29.0. The summed E-state index contributed by atoms with van der Waals surface area (Å²) in [5.41, 5.74) is 0.945. The number of ether oxygens (including phenoxy) is 1. The van der Waals surface area contributed by atoms with E-state index in [4.69, 9.17) is 13.8 Å². The molecule has 0 saturated carbocycles. The largest absolute Gasteiger partial charge is 0.623 e. The molecule has 1 rings (SSSR count). The summed E-state index contributed by atoms with van der Waals surface area (Å²) in [4.78, 5) is 11.6. The van der Waals surface area contributed by atoms with Gasteiger partial charge in [-0.3, -0.25) is 4.57 Å². The van der Waals surface area contributed by atoms with Crippen LogP contribution in [0.2, 0.25) is 0 Å². The van der Waals surface area contributed by atoms with Crippen molar-refractivity contribution in [3.63, 3.8) is 0 Å². The molecule has 0 atom stereocenters.